The molecule has 3 aliphatic rings. The molecule has 3 rings (SSSR count). The average Bonchev–Trinajstić information content (AvgIpc) is 2.57. The first-order chi connectivity index (χ1) is 6.36. The standard InChI is InChI=1S/C12H16O/c13-11-7-5-9-3-1-2-8-4-6-10(11)12(8)9/h8-9H,1-7H2/t8-,9+/m1/s1. The predicted molar refractivity (Wildman–Crippen MR) is 51.3 cm³/mol. The Balaban J connectivity index is 2.05. The van der Waals surface area contributed by atoms with Gasteiger partial charge in [-0.3, -0.25) is 4.79 Å². The summed E-state index contributed by atoms with van der Waals surface area (Å²) in [6, 6.07) is 0. The van der Waals surface area contributed by atoms with Crippen LogP contribution >= 0.6 is 0 Å². The normalized spacial score (nSPS) is 38.0. The Bertz CT molecular complexity index is 287. The second-order valence-electron chi connectivity index (χ2n) is 4.76. The first-order valence-electron chi connectivity index (χ1n) is 5.62. The van der Waals surface area contributed by atoms with Crippen LogP contribution < -0.4 is 0 Å². The van der Waals surface area contributed by atoms with Crippen molar-refractivity contribution in [1.82, 2.24) is 0 Å². The molecule has 70 valence electrons. The fourth-order valence-corrected chi connectivity index (χ4v) is 3.57. The van der Waals surface area contributed by atoms with E-state index in [9.17, 15) is 4.79 Å². The summed E-state index contributed by atoms with van der Waals surface area (Å²) in [7, 11) is 0. The highest BCUT2D eigenvalue weighted by atomic mass is 16.1. The first-order valence-corrected chi connectivity index (χ1v) is 5.62. The number of ketones is 1. The van der Waals surface area contributed by atoms with Crippen molar-refractivity contribution in [3.05, 3.63) is 11.1 Å². The molecule has 1 saturated carbocycles. The van der Waals surface area contributed by atoms with Crippen LogP contribution in [0.2, 0.25) is 0 Å². The van der Waals surface area contributed by atoms with Gasteiger partial charge in [-0.25, -0.2) is 0 Å². The number of carbonyl (C=O) groups excluding carboxylic acids is 1. The van der Waals surface area contributed by atoms with Crippen LogP contribution in [0.1, 0.15) is 44.9 Å². The van der Waals surface area contributed by atoms with Gasteiger partial charge in [-0.2, -0.15) is 0 Å². The first kappa shape index (κ1) is 7.78. The zero-order valence-electron chi connectivity index (χ0n) is 8.01. The molecule has 1 heteroatoms. The molecular weight excluding hydrogens is 160 g/mol. The summed E-state index contributed by atoms with van der Waals surface area (Å²) in [4.78, 5) is 11.6. The summed E-state index contributed by atoms with van der Waals surface area (Å²) >= 11 is 0. The summed E-state index contributed by atoms with van der Waals surface area (Å²) in [6.07, 6.45) is 8.53. The molecule has 1 fully saturated rings. The topological polar surface area (TPSA) is 17.1 Å². The molecule has 1 nitrogen and oxygen atoms in total. The van der Waals surface area contributed by atoms with Crippen molar-refractivity contribution < 1.29 is 4.79 Å². The third kappa shape index (κ3) is 1.02. The number of allylic oxidation sites excluding steroid dienone is 2. The van der Waals surface area contributed by atoms with Crippen LogP contribution in [0.4, 0.5) is 0 Å². The van der Waals surface area contributed by atoms with E-state index in [1.54, 1.807) is 5.57 Å². The summed E-state index contributed by atoms with van der Waals surface area (Å²) in [6.45, 7) is 0. The predicted octanol–water partition coefficient (Wildman–Crippen LogP) is 2.86. The minimum Gasteiger partial charge on any atom is -0.295 e. The molecule has 0 radical (unpaired) electrons. The molecule has 0 aromatic rings. The van der Waals surface area contributed by atoms with Crippen molar-refractivity contribution in [2.75, 3.05) is 0 Å². The highest BCUT2D eigenvalue weighted by Gasteiger charge is 2.38. The maximum atomic E-state index is 11.6. The lowest BCUT2D eigenvalue weighted by Gasteiger charge is -2.32. The minimum atomic E-state index is 0.482. The van der Waals surface area contributed by atoms with Crippen LogP contribution in [0.5, 0.6) is 0 Å². The largest absolute Gasteiger partial charge is 0.295 e. The zero-order chi connectivity index (χ0) is 8.84. The number of carbonyl (C=O) groups is 1. The quantitative estimate of drug-likeness (QED) is 0.554. The van der Waals surface area contributed by atoms with Crippen molar-refractivity contribution in [2.45, 2.75) is 44.9 Å². The van der Waals surface area contributed by atoms with E-state index >= 15 is 0 Å². The summed E-state index contributed by atoms with van der Waals surface area (Å²) < 4.78 is 0. The van der Waals surface area contributed by atoms with Gasteiger partial charge in [0.25, 0.3) is 0 Å². The van der Waals surface area contributed by atoms with E-state index < -0.39 is 0 Å². The van der Waals surface area contributed by atoms with Gasteiger partial charge in [0.05, 0.1) is 0 Å². The lowest BCUT2D eigenvalue weighted by atomic mass is 9.72. The van der Waals surface area contributed by atoms with E-state index in [1.807, 2.05) is 0 Å². The number of hydrogen-bond acceptors (Lipinski definition) is 1. The third-order valence-corrected chi connectivity index (χ3v) is 4.13. The molecule has 0 unspecified atom stereocenters. The smallest absolute Gasteiger partial charge is 0.158 e. The molecular formula is C12H16O. The van der Waals surface area contributed by atoms with E-state index in [1.165, 1.54) is 31.3 Å². The van der Waals surface area contributed by atoms with E-state index in [0.717, 1.165) is 31.1 Å². The fraction of sp³-hybridized carbons (Fsp3) is 0.750. The monoisotopic (exact) mass is 176 g/mol. The maximum Gasteiger partial charge on any atom is 0.158 e. The molecule has 3 aliphatic carbocycles. The van der Waals surface area contributed by atoms with Crippen LogP contribution in [-0.4, -0.2) is 5.78 Å². The molecule has 0 N–H and O–H groups in total. The van der Waals surface area contributed by atoms with Gasteiger partial charge in [0, 0.05) is 6.42 Å². The van der Waals surface area contributed by atoms with Crippen LogP contribution in [-0.2, 0) is 4.79 Å². The Hall–Kier alpha value is -0.590. The van der Waals surface area contributed by atoms with Gasteiger partial charge in [0.2, 0.25) is 0 Å². The summed E-state index contributed by atoms with van der Waals surface area (Å²) in [5.41, 5.74) is 2.88. The molecule has 13 heavy (non-hydrogen) atoms. The molecule has 0 amide bonds. The van der Waals surface area contributed by atoms with Crippen LogP contribution in [0.15, 0.2) is 11.1 Å². The Morgan fingerprint density at radius 2 is 1.62 bits per heavy atom. The Morgan fingerprint density at radius 1 is 0.923 bits per heavy atom. The molecule has 0 aromatic carbocycles. The molecule has 0 spiro atoms. The average molecular weight is 176 g/mol. The lowest BCUT2D eigenvalue weighted by Crippen LogP contribution is -2.23. The second kappa shape index (κ2) is 2.70. The van der Waals surface area contributed by atoms with E-state index in [-0.39, 0.29) is 0 Å². The Kier molecular flexibility index (Phi) is 1.61. The molecule has 0 aliphatic heterocycles. The van der Waals surface area contributed by atoms with Crippen molar-refractivity contribution in [2.24, 2.45) is 11.8 Å². The number of rotatable bonds is 0. The number of hydrogen-bond donors (Lipinski definition) is 0. The van der Waals surface area contributed by atoms with Crippen LogP contribution in [0.25, 0.3) is 0 Å². The van der Waals surface area contributed by atoms with Gasteiger partial charge in [-0.05, 0) is 49.5 Å². The van der Waals surface area contributed by atoms with Crippen molar-refractivity contribution >= 4 is 5.78 Å². The molecule has 0 saturated heterocycles. The third-order valence-electron chi connectivity index (χ3n) is 4.13. The van der Waals surface area contributed by atoms with Crippen LogP contribution in [0, 0.1) is 11.8 Å². The van der Waals surface area contributed by atoms with Gasteiger partial charge in [-0.15, -0.1) is 0 Å². The summed E-state index contributed by atoms with van der Waals surface area (Å²) in [5.74, 6) is 2.11. The van der Waals surface area contributed by atoms with Crippen LogP contribution in [0.3, 0.4) is 0 Å². The fourth-order valence-electron chi connectivity index (χ4n) is 3.57. The molecule has 0 aromatic heterocycles. The van der Waals surface area contributed by atoms with Crippen molar-refractivity contribution in [3.8, 4) is 0 Å². The van der Waals surface area contributed by atoms with E-state index in [2.05, 4.69) is 0 Å². The Labute approximate surface area is 79.2 Å². The van der Waals surface area contributed by atoms with Gasteiger partial charge in [0.15, 0.2) is 5.78 Å². The zero-order valence-corrected chi connectivity index (χ0v) is 8.01. The highest BCUT2D eigenvalue weighted by molar-refractivity contribution is 5.97. The molecule has 2 atom stereocenters. The SMILES string of the molecule is O=C1CC[C@@H]2CCC[C@@H]3CCC1=C32. The molecule has 0 heterocycles. The van der Waals surface area contributed by atoms with E-state index in [4.69, 9.17) is 0 Å². The second-order valence-corrected chi connectivity index (χ2v) is 4.76. The lowest BCUT2D eigenvalue weighted by molar-refractivity contribution is -0.116. The highest BCUT2D eigenvalue weighted by Crippen LogP contribution is 2.49. The van der Waals surface area contributed by atoms with E-state index in [0.29, 0.717) is 5.78 Å². The van der Waals surface area contributed by atoms with Gasteiger partial charge >= 0.3 is 0 Å². The molecule has 0 bridgehead atoms. The Morgan fingerprint density at radius 3 is 2.38 bits per heavy atom. The number of Topliss-reactive ketones (excluding diaryl/α,β-unsaturated/α-hetero) is 1. The minimum absolute atomic E-state index is 0.482. The summed E-state index contributed by atoms with van der Waals surface area (Å²) in [5, 5.41) is 0. The maximum absolute atomic E-state index is 11.6. The van der Waals surface area contributed by atoms with Crippen molar-refractivity contribution in [1.29, 1.82) is 0 Å². The van der Waals surface area contributed by atoms with Gasteiger partial charge < -0.3 is 0 Å². The van der Waals surface area contributed by atoms with Gasteiger partial charge in [0.1, 0.15) is 0 Å². The van der Waals surface area contributed by atoms with Gasteiger partial charge in [-0.1, -0.05) is 12.0 Å². The van der Waals surface area contributed by atoms with Crippen molar-refractivity contribution in [3.63, 3.8) is 0 Å².